The zero-order valence-corrected chi connectivity index (χ0v) is 16.6. The first-order chi connectivity index (χ1) is 12.5. The van der Waals surface area contributed by atoms with Crippen molar-refractivity contribution in [2.24, 2.45) is 0 Å². The fourth-order valence-electron chi connectivity index (χ4n) is 4.08. The molecule has 0 radical (unpaired) electrons. The molecule has 0 amide bonds. The van der Waals surface area contributed by atoms with E-state index >= 15 is 0 Å². The summed E-state index contributed by atoms with van der Waals surface area (Å²) in [5, 5.41) is 4.30. The van der Waals surface area contributed by atoms with Crippen LogP contribution in [0.3, 0.4) is 0 Å². The lowest BCUT2D eigenvalue weighted by atomic mass is 10.1. The highest BCUT2D eigenvalue weighted by Crippen LogP contribution is 2.26. The molecule has 5 nitrogen and oxygen atoms in total. The summed E-state index contributed by atoms with van der Waals surface area (Å²) in [5.41, 5.74) is 2.02. The van der Waals surface area contributed by atoms with Crippen molar-refractivity contribution in [2.75, 3.05) is 19.6 Å². The van der Waals surface area contributed by atoms with Gasteiger partial charge in [-0.1, -0.05) is 25.0 Å². The molecule has 0 aliphatic carbocycles. The van der Waals surface area contributed by atoms with Gasteiger partial charge in [-0.05, 0) is 52.3 Å². The zero-order chi connectivity index (χ0) is 18.7. The van der Waals surface area contributed by atoms with Crippen LogP contribution in [0.5, 0.6) is 0 Å². The Morgan fingerprint density at radius 2 is 2.15 bits per heavy atom. The summed E-state index contributed by atoms with van der Waals surface area (Å²) in [6.45, 7) is 12.3. The second-order valence-corrected chi connectivity index (χ2v) is 7.55. The number of aromatic nitrogens is 2. The zero-order valence-electron chi connectivity index (χ0n) is 16.6. The van der Waals surface area contributed by atoms with Crippen LogP contribution >= 0.6 is 0 Å². The first kappa shape index (κ1) is 19.1. The highest BCUT2D eigenvalue weighted by Gasteiger charge is 2.27. The first-order valence-electron chi connectivity index (χ1n) is 10.0. The summed E-state index contributed by atoms with van der Waals surface area (Å²) in [7, 11) is 0. The van der Waals surface area contributed by atoms with Gasteiger partial charge >= 0.3 is 0 Å². The van der Waals surface area contributed by atoms with Gasteiger partial charge in [-0.15, -0.1) is 0 Å². The Balaban J connectivity index is 2.12. The van der Waals surface area contributed by atoms with Gasteiger partial charge in [0.05, 0.1) is 16.9 Å². The summed E-state index contributed by atoms with van der Waals surface area (Å²) < 4.78 is 1.89. The molecule has 1 aromatic heterocycles. The molecule has 1 aliphatic heterocycles. The van der Waals surface area contributed by atoms with Crippen molar-refractivity contribution >= 4 is 10.9 Å². The summed E-state index contributed by atoms with van der Waals surface area (Å²) in [4.78, 5) is 20.7. The van der Waals surface area contributed by atoms with Crippen LogP contribution < -0.4 is 10.9 Å². The van der Waals surface area contributed by atoms with Crippen LogP contribution in [0, 0.1) is 6.92 Å². The Labute approximate surface area is 156 Å². The predicted octanol–water partition coefficient (Wildman–Crippen LogP) is 3.25. The Hall–Kier alpha value is -1.72. The Morgan fingerprint density at radius 1 is 1.35 bits per heavy atom. The van der Waals surface area contributed by atoms with E-state index < -0.39 is 0 Å². The standard InChI is InChI=1S/C21H32N4O/c1-5-8-19(24-12-7-11-22-16(4)14-24)20-23-18-10-9-15(3)13-17(18)21(26)25(20)6-2/h9-10,13,16,19,22H,5-8,11-12,14H2,1-4H3/t16-,19-/m0/s1. The molecule has 2 atom stereocenters. The van der Waals surface area contributed by atoms with Crippen LogP contribution in [0.2, 0.25) is 0 Å². The molecule has 0 bridgehead atoms. The van der Waals surface area contributed by atoms with E-state index in [9.17, 15) is 4.79 Å². The van der Waals surface area contributed by atoms with Crippen molar-refractivity contribution in [3.8, 4) is 0 Å². The molecule has 5 heteroatoms. The quantitative estimate of drug-likeness (QED) is 0.893. The average molecular weight is 357 g/mol. The van der Waals surface area contributed by atoms with E-state index in [-0.39, 0.29) is 11.6 Å². The lowest BCUT2D eigenvalue weighted by molar-refractivity contribution is 0.174. The fraction of sp³-hybridized carbons (Fsp3) is 0.619. The molecule has 0 unspecified atom stereocenters. The normalized spacial score (nSPS) is 20.2. The van der Waals surface area contributed by atoms with Crippen molar-refractivity contribution in [1.29, 1.82) is 0 Å². The van der Waals surface area contributed by atoms with E-state index in [4.69, 9.17) is 4.98 Å². The molecule has 2 heterocycles. The molecular formula is C21H32N4O. The molecule has 3 rings (SSSR count). The van der Waals surface area contributed by atoms with Crippen molar-refractivity contribution in [3.05, 3.63) is 39.9 Å². The maximum Gasteiger partial charge on any atom is 0.261 e. The monoisotopic (exact) mass is 356 g/mol. The molecule has 0 saturated carbocycles. The van der Waals surface area contributed by atoms with E-state index in [0.29, 0.717) is 12.6 Å². The van der Waals surface area contributed by atoms with Gasteiger partial charge in [-0.3, -0.25) is 14.3 Å². The minimum Gasteiger partial charge on any atom is -0.313 e. The molecule has 0 spiro atoms. The molecule has 1 fully saturated rings. The van der Waals surface area contributed by atoms with Gasteiger partial charge in [0, 0.05) is 25.7 Å². The summed E-state index contributed by atoms with van der Waals surface area (Å²) in [5.74, 6) is 0.935. The van der Waals surface area contributed by atoms with Gasteiger partial charge in [0.15, 0.2) is 0 Å². The first-order valence-corrected chi connectivity index (χ1v) is 10.0. The fourth-order valence-corrected chi connectivity index (χ4v) is 4.08. The summed E-state index contributed by atoms with van der Waals surface area (Å²) in [6.07, 6.45) is 3.23. The number of rotatable bonds is 5. The number of nitrogens with zero attached hydrogens (tertiary/aromatic N) is 3. The number of nitrogens with one attached hydrogen (secondary N) is 1. The smallest absolute Gasteiger partial charge is 0.261 e. The maximum absolute atomic E-state index is 13.1. The lowest BCUT2D eigenvalue weighted by Crippen LogP contribution is -2.40. The van der Waals surface area contributed by atoms with Crippen molar-refractivity contribution < 1.29 is 0 Å². The molecular weight excluding hydrogens is 324 g/mol. The van der Waals surface area contributed by atoms with Crippen LogP contribution in [0.4, 0.5) is 0 Å². The number of hydrogen-bond acceptors (Lipinski definition) is 4. The number of hydrogen-bond donors (Lipinski definition) is 1. The highest BCUT2D eigenvalue weighted by molar-refractivity contribution is 5.78. The van der Waals surface area contributed by atoms with Crippen LogP contribution in [0.25, 0.3) is 10.9 Å². The molecule has 2 aromatic rings. The van der Waals surface area contributed by atoms with Gasteiger partial charge in [-0.2, -0.15) is 0 Å². The van der Waals surface area contributed by atoms with Crippen molar-refractivity contribution in [2.45, 2.75) is 65.6 Å². The second-order valence-electron chi connectivity index (χ2n) is 7.55. The third-order valence-corrected chi connectivity index (χ3v) is 5.38. The minimum absolute atomic E-state index is 0.0956. The van der Waals surface area contributed by atoms with Gasteiger partial charge in [0.1, 0.15) is 5.82 Å². The van der Waals surface area contributed by atoms with Gasteiger partial charge in [-0.25, -0.2) is 4.98 Å². The Kier molecular flexibility index (Phi) is 6.09. The number of fused-ring (bicyclic) bond motifs is 1. The topological polar surface area (TPSA) is 50.2 Å². The average Bonchev–Trinajstić information content (AvgIpc) is 2.84. The molecule has 1 aliphatic rings. The van der Waals surface area contributed by atoms with E-state index in [0.717, 1.165) is 61.2 Å². The van der Waals surface area contributed by atoms with E-state index in [1.165, 1.54) is 0 Å². The van der Waals surface area contributed by atoms with Crippen molar-refractivity contribution in [1.82, 2.24) is 19.8 Å². The maximum atomic E-state index is 13.1. The number of aryl methyl sites for hydroxylation is 1. The number of benzene rings is 1. The Bertz CT molecular complexity index is 813. The predicted molar refractivity (Wildman–Crippen MR) is 108 cm³/mol. The molecule has 1 aromatic carbocycles. The molecule has 1 N–H and O–H groups in total. The van der Waals surface area contributed by atoms with Crippen molar-refractivity contribution in [3.63, 3.8) is 0 Å². The van der Waals surface area contributed by atoms with Gasteiger partial charge in [0.25, 0.3) is 5.56 Å². The summed E-state index contributed by atoms with van der Waals surface area (Å²) in [6, 6.07) is 6.66. The van der Waals surface area contributed by atoms with Crippen LogP contribution in [0.15, 0.2) is 23.0 Å². The highest BCUT2D eigenvalue weighted by atomic mass is 16.1. The largest absolute Gasteiger partial charge is 0.313 e. The van der Waals surface area contributed by atoms with Gasteiger partial charge in [0.2, 0.25) is 0 Å². The van der Waals surface area contributed by atoms with Crippen LogP contribution in [-0.2, 0) is 6.54 Å². The molecule has 1 saturated heterocycles. The molecule has 26 heavy (non-hydrogen) atoms. The Morgan fingerprint density at radius 3 is 2.88 bits per heavy atom. The van der Waals surface area contributed by atoms with E-state index in [2.05, 4.69) is 24.1 Å². The van der Waals surface area contributed by atoms with Crippen LogP contribution in [-0.4, -0.2) is 40.1 Å². The van der Waals surface area contributed by atoms with E-state index in [1.54, 1.807) is 0 Å². The second kappa shape index (κ2) is 8.31. The van der Waals surface area contributed by atoms with Crippen LogP contribution in [0.1, 0.15) is 57.5 Å². The molecule has 142 valence electrons. The SMILES string of the molecule is CCC[C@@H](c1nc2ccc(C)cc2c(=O)n1CC)N1CCCN[C@@H](C)C1. The third kappa shape index (κ3) is 3.84. The summed E-state index contributed by atoms with van der Waals surface area (Å²) >= 11 is 0. The third-order valence-electron chi connectivity index (χ3n) is 5.38. The van der Waals surface area contributed by atoms with E-state index in [1.807, 2.05) is 36.6 Å². The van der Waals surface area contributed by atoms with Gasteiger partial charge < -0.3 is 5.32 Å². The minimum atomic E-state index is 0.0956. The lowest BCUT2D eigenvalue weighted by Gasteiger charge is -2.32.